The van der Waals surface area contributed by atoms with Crippen LogP contribution >= 0.6 is 11.3 Å². The molecule has 21 heavy (non-hydrogen) atoms. The van der Waals surface area contributed by atoms with Gasteiger partial charge in [-0.2, -0.15) is 0 Å². The van der Waals surface area contributed by atoms with Crippen LogP contribution in [0.25, 0.3) is 0 Å². The van der Waals surface area contributed by atoms with Crippen LogP contribution in [0.4, 0.5) is 0 Å². The topological polar surface area (TPSA) is 38.1 Å². The minimum Gasteiger partial charge on any atom is -0.337 e. The first-order valence-electron chi connectivity index (χ1n) is 7.42. The number of nitrogens with zero attached hydrogens (tertiary/aromatic N) is 3. The molecule has 1 atom stereocenters. The van der Waals surface area contributed by atoms with Gasteiger partial charge in [0.1, 0.15) is 5.82 Å². The average molecular weight is 303 g/mol. The molecule has 0 radical (unpaired) electrons. The van der Waals surface area contributed by atoms with E-state index < -0.39 is 0 Å². The summed E-state index contributed by atoms with van der Waals surface area (Å²) < 4.78 is 2.20. The van der Waals surface area contributed by atoms with E-state index in [1.54, 1.807) is 11.3 Å². The smallest absolute Gasteiger partial charge is 0.255 e. The highest BCUT2D eigenvalue weighted by Gasteiger charge is 2.27. The first kappa shape index (κ1) is 14.3. The summed E-state index contributed by atoms with van der Waals surface area (Å²) >= 11 is 1.70. The molecule has 2 aromatic rings. The third kappa shape index (κ3) is 2.75. The maximum atomic E-state index is 12.7. The van der Waals surface area contributed by atoms with Crippen molar-refractivity contribution < 1.29 is 4.79 Å². The third-order valence-corrected chi connectivity index (χ3v) is 5.18. The average Bonchev–Trinajstić information content (AvgIpc) is 3.03. The van der Waals surface area contributed by atoms with Gasteiger partial charge in [-0.3, -0.25) is 4.79 Å². The third-order valence-electron chi connectivity index (χ3n) is 4.21. The second-order valence-corrected chi connectivity index (χ2v) is 7.22. The molecule has 5 heteroatoms. The number of likely N-dealkylation sites (tertiary alicyclic amines) is 1. The van der Waals surface area contributed by atoms with Crippen LogP contribution in [-0.2, 0) is 0 Å². The van der Waals surface area contributed by atoms with E-state index in [0.717, 1.165) is 42.2 Å². The van der Waals surface area contributed by atoms with Crippen molar-refractivity contribution in [1.82, 2.24) is 14.5 Å². The molecule has 3 heterocycles. The highest BCUT2D eigenvalue weighted by molar-refractivity contribution is 7.12. The fourth-order valence-corrected chi connectivity index (χ4v) is 4.07. The predicted octanol–water partition coefficient (Wildman–Crippen LogP) is 3.35. The SMILES string of the molecule is Cc1cc(C(=O)N2CCC[C@@H](n3ccnc3C)C2)c(C)s1. The maximum Gasteiger partial charge on any atom is 0.255 e. The van der Waals surface area contributed by atoms with Gasteiger partial charge >= 0.3 is 0 Å². The molecule has 2 aromatic heterocycles. The molecular weight excluding hydrogens is 282 g/mol. The maximum absolute atomic E-state index is 12.7. The number of aromatic nitrogens is 2. The highest BCUT2D eigenvalue weighted by Crippen LogP contribution is 2.27. The molecule has 0 saturated carbocycles. The summed E-state index contributed by atoms with van der Waals surface area (Å²) in [6.07, 6.45) is 6.02. The van der Waals surface area contributed by atoms with E-state index in [1.165, 1.54) is 4.88 Å². The van der Waals surface area contributed by atoms with Gasteiger partial charge in [-0.25, -0.2) is 4.98 Å². The van der Waals surface area contributed by atoms with Gasteiger partial charge in [-0.15, -0.1) is 11.3 Å². The van der Waals surface area contributed by atoms with Crippen LogP contribution in [0.5, 0.6) is 0 Å². The number of piperidine rings is 1. The van der Waals surface area contributed by atoms with Crippen LogP contribution in [0.1, 0.15) is 44.8 Å². The van der Waals surface area contributed by atoms with E-state index in [0.29, 0.717) is 6.04 Å². The van der Waals surface area contributed by atoms with Crippen LogP contribution in [0.15, 0.2) is 18.5 Å². The van der Waals surface area contributed by atoms with Crippen molar-refractivity contribution in [2.75, 3.05) is 13.1 Å². The number of aryl methyl sites for hydroxylation is 3. The second-order valence-electron chi connectivity index (χ2n) is 5.76. The lowest BCUT2D eigenvalue weighted by Crippen LogP contribution is -2.40. The summed E-state index contributed by atoms with van der Waals surface area (Å²) in [6, 6.07) is 2.37. The molecule has 0 bridgehead atoms. The number of rotatable bonds is 2. The van der Waals surface area contributed by atoms with E-state index in [2.05, 4.69) is 16.5 Å². The van der Waals surface area contributed by atoms with Crippen molar-refractivity contribution in [3.8, 4) is 0 Å². The zero-order chi connectivity index (χ0) is 15.0. The standard InChI is InChI=1S/C16H21N3OS/c1-11-9-15(12(2)21-11)16(20)18-7-4-5-14(10-18)19-8-6-17-13(19)3/h6,8-9,14H,4-5,7,10H2,1-3H3/t14-/m1/s1. The minimum atomic E-state index is 0.180. The Morgan fingerprint density at radius 3 is 2.81 bits per heavy atom. The van der Waals surface area contributed by atoms with Crippen molar-refractivity contribution in [3.63, 3.8) is 0 Å². The number of hydrogen-bond donors (Lipinski definition) is 0. The first-order chi connectivity index (χ1) is 10.1. The van der Waals surface area contributed by atoms with Gasteiger partial charge in [-0.05, 0) is 39.7 Å². The zero-order valence-electron chi connectivity index (χ0n) is 12.8. The van der Waals surface area contributed by atoms with E-state index in [9.17, 15) is 4.79 Å². The Morgan fingerprint density at radius 2 is 2.19 bits per heavy atom. The molecule has 0 spiro atoms. The van der Waals surface area contributed by atoms with Crippen LogP contribution in [-0.4, -0.2) is 33.4 Å². The predicted molar refractivity (Wildman–Crippen MR) is 84.9 cm³/mol. The molecule has 0 N–H and O–H groups in total. The Hall–Kier alpha value is -1.62. The molecular formula is C16H21N3OS. The number of carbonyl (C=O) groups excluding carboxylic acids is 1. The monoisotopic (exact) mass is 303 g/mol. The fourth-order valence-electron chi connectivity index (χ4n) is 3.15. The van der Waals surface area contributed by atoms with Crippen LogP contribution in [0.3, 0.4) is 0 Å². The normalized spacial score (nSPS) is 19.0. The van der Waals surface area contributed by atoms with E-state index in [-0.39, 0.29) is 5.91 Å². The Labute approximate surface area is 129 Å². The van der Waals surface area contributed by atoms with Crippen molar-refractivity contribution in [2.45, 2.75) is 39.7 Å². The molecule has 3 rings (SSSR count). The van der Waals surface area contributed by atoms with Gasteiger partial charge in [0, 0.05) is 35.2 Å². The van der Waals surface area contributed by atoms with Crippen molar-refractivity contribution in [3.05, 3.63) is 39.6 Å². The molecule has 1 aliphatic rings. The Balaban J connectivity index is 1.79. The van der Waals surface area contributed by atoms with Crippen LogP contribution < -0.4 is 0 Å². The van der Waals surface area contributed by atoms with Gasteiger partial charge < -0.3 is 9.47 Å². The number of hydrogen-bond acceptors (Lipinski definition) is 3. The lowest BCUT2D eigenvalue weighted by atomic mass is 10.0. The molecule has 0 unspecified atom stereocenters. The Kier molecular flexibility index (Phi) is 3.85. The van der Waals surface area contributed by atoms with Crippen LogP contribution in [0.2, 0.25) is 0 Å². The molecule has 112 valence electrons. The van der Waals surface area contributed by atoms with E-state index in [1.807, 2.05) is 37.2 Å². The molecule has 0 aromatic carbocycles. The van der Waals surface area contributed by atoms with Gasteiger partial charge in [0.05, 0.1) is 11.6 Å². The summed E-state index contributed by atoms with van der Waals surface area (Å²) in [7, 11) is 0. The molecule has 4 nitrogen and oxygen atoms in total. The number of thiophene rings is 1. The quantitative estimate of drug-likeness (QED) is 0.853. The molecule has 0 aliphatic carbocycles. The Morgan fingerprint density at radius 1 is 1.38 bits per heavy atom. The summed E-state index contributed by atoms with van der Waals surface area (Å²) in [5.74, 6) is 1.20. The Bertz CT molecular complexity index is 658. The summed E-state index contributed by atoms with van der Waals surface area (Å²) in [5.41, 5.74) is 0.875. The highest BCUT2D eigenvalue weighted by atomic mass is 32.1. The van der Waals surface area contributed by atoms with Gasteiger partial charge in [0.15, 0.2) is 0 Å². The van der Waals surface area contributed by atoms with E-state index >= 15 is 0 Å². The van der Waals surface area contributed by atoms with Gasteiger partial charge in [0.25, 0.3) is 5.91 Å². The number of imidazole rings is 1. The first-order valence-corrected chi connectivity index (χ1v) is 8.23. The van der Waals surface area contributed by atoms with Gasteiger partial charge in [0.2, 0.25) is 0 Å². The molecule has 1 aliphatic heterocycles. The molecule has 1 saturated heterocycles. The number of carbonyl (C=O) groups is 1. The molecule has 1 amide bonds. The van der Waals surface area contributed by atoms with Crippen molar-refractivity contribution >= 4 is 17.2 Å². The number of amides is 1. The summed E-state index contributed by atoms with van der Waals surface area (Å²) in [6.45, 7) is 7.75. The minimum absolute atomic E-state index is 0.180. The fraction of sp³-hybridized carbons (Fsp3) is 0.500. The van der Waals surface area contributed by atoms with Crippen molar-refractivity contribution in [2.24, 2.45) is 0 Å². The largest absolute Gasteiger partial charge is 0.337 e. The summed E-state index contributed by atoms with van der Waals surface area (Å²) in [4.78, 5) is 21.4. The molecule has 1 fully saturated rings. The summed E-state index contributed by atoms with van der Waals surface area (Å²) in [5, 5.41) is 0. The second kappa shape index (κ2) is 5.64. The lowest BCUT2D eigenvalue weighted by molar-refractivity contribution is 0.0678. The van der Waals surface area contributed by atoms with E-state index in [4.69, 9.17) is 0 Å². The van der Waals surface area contributed by atoms with Crippen molar-refractivity contribution in [1.29, 1.82) is 0 Å². The van der Waals surface area contributed by atoms with Crippen LogP contribution in [0, 0.1) is 20.8 Å². The van der Waals surface area contributed by atoms with Gasteiger partial charge in [-0.1, -0.05) is 0 Å². The lowest BCUT2D eigenvalue weighted by Gasteiger charge is -2.34. The zero-order valence-corrected chi connectivity index (χ0v) is 13.6.